The van der Waals surface area contributed by atoms with Crippen LogP contribution in [-0.4, -0.2) is 85.3 Å². The van der Waals surface area contributed by atoms with Crippen LogP contribution in [0.15, 0.2) is 105 Å². The van der Waals surface area contributed by atoms with Gasteiger partial charge in [0.15, 0.2) is 10.3 Å². The molecule has 1 aliphatic carbocycles. The molecule has 0 radical (unpaired) electrons. The first kappa shape index (κ1) is 42.6. The summed E-state index contributed by atoms with van der Waals surface area (Å²) >= 11 is 0. The number of benzene rings is 4. The molecule has 314 valence electrons. The van der Waals surface area contributed by atoms with E-state index in [9.17, 15) is 48.5 Å². The minimum Gasteiger partial charge on any atom is -0.744 e. The Morgan fingerprint density at radius 1 is 0.850 bits per heavy atom. The Bertz CT molecular complexity index is 3190. The molecule has 0 fully saturated rings. The third-order valence-electron chi connectivity index (χ3n) is 10.9. The van der Waals surface area contributed by atoms with E-state index in [1.165, 1.54) is 12.1 Å². The minimum absolute atomic E-state index is 0.0000628. The zero-order valence-electron chi connectivity index (χ0n) is 32.9. The summed E-state index contributed by atoms with van der Waals surface area (Å²) < 4.78 is 116. The Kier molecular flexibility index (Phi) is 11.0. The second-order valence-corrected chi connectivity index (χ2v) is 18.5. The number of allylic oxidation sites excluding steroid dienone is 6. The fraction of sp³-hybridized carbons (Fsp3) is 0.262. The van der Waals surface area contributed by atoms with Crippen molar-refractivity contribution in [3.63, 3.8) is 0 Å². The smallest absolute Gasteiger partial charge is 0.322 e. The maximum atomic E-state index is 14.0. The lowest BCUT2D eigenvalue weighted by Crippen LogP contribution is -2.49. The summed E-state index contributed by atoms with van der Waals surface area (Å²) in [6.07, 6.45) is 8.55. The van der Waals surface area contributed by atoms with E-state index in [2.05, 4.69) is 5.32 Å². The summed E-state index contributed by atoms with van der Waals surface area (Å²) in [7, 11) is -14.8. The Labute approximate surface area is 346 Å². The Morgan fingerprint density at radius 3 is 2.13 bits per heavy atom. The van der Waals surface area contributed by atoms with E-state index in [1.54, 1.807) is 80.0 Å². The SMILES string of the molecule is CCNC(=O)C1(C(=O)OCC)CC(=CC=c2c3cccc4c(S(=O)(=O)[O-])ccc(c43)n2CC)C=C(C=CC2=[N+](CC)c3c(S(=O)(=O)O)cc(S(=O)(=O)O)c4cccc2c34)C1. The quantitative estimate of drug-likeness (QED) is 0.0657. The molecule has 0 bridgehead atoms. The molecule has 7 rings (SSSR count). The molecular weight excluding hydrogens is 835 g/mol. The van der Waals surface area contributed by atoms with Crippen LogP contribution in [-0.2, 0) is 51.2 Å². The highest BCUT2D eigenvalue weighted by molar-refractivity contribution is 7.87. The summed E-state index contributed by atoms with van der Waals surface area (Å²) in [5, 5.41) is 5.24. The summed E-state index contributed by atoms with van der Waals surface area (Å²) in [4.78, 5) is 26.2. The summed E-state index contributed by atoms with van der Waals surface area (Å²) in [5.74, 6) is -1.30. The number of esters is 1. The molecule has 60 heavy (non-hydrogen) atoms. The number of aromatic nitrogens is 1. The van der Waals surface area contributed by atoms with Crippen LogP contribution in [0, 0.1) is 5.41 Å². The highest BCUT2D eigenvalue weighted by Crippen LogP contribution is 2.45. The predicted molar refractivity (Wildman–Crippen MR) is 223 cm³/mol. The fourth-order valence-electron chi connectivity index (χ4n) is 8.56. The van der Waals surface area contributed by atoms with Crippen molar-refractivity contribution >= 4 is 92.2 Å². The number of nitrogens with one attached hydrogen (secondary N) is 1. The molecule has 0 saturated carbocycles. The molecule has 5 aromatic rings. The van der Waals surface area contributed by atoms with E-state index in [4.69, 9.17) is 4.74 Å². The molecule has 2 aliphatic rings. The van der Waals surface area contributed by atoms with Gasteiger partial charge in [0.05, 0.1) is 22.5 Å². The minimum atomic E-state index is -5.02. The van der Waals surface area contributed by atoms with Crippen molar-refractivity contribution in [1.29, 1.82) is 0 Å². The highest BCUT2D eigenvalue weighted by atomic mass is 32.2. The maximum Gasteiger partial charge on any atom is 0.322 e. The number of amides is 1. The molecule has 3 N–H and O–H groups in total. The second kappa shape index (κ2) is 15.5. The second-order valence-electron chi connectivity index (χ2n) is 14.4. The van der Waals surface area contributed by atoms with E-state index >= 15 is 0 Å². The number of hydrogen-bond donors (Lipinski definition) is 3. The van der Waals surface area contributed by atoms with Crippen molar-refractivity contribution in [2.45, 2.75) is 61.8 Å². The number of rotatable bonds is 12. The third kappa shape index (κ3) is 7.16. The van der Waals surface area contributed by atoms with Gasteiger partial charge in [0.25, 0.3) is 10.1 Å². The number of ether oxygens (including phenoxy) is 1. The average Bonchev–Trinajstić information content (AvgIpc) is 3.68. The van der Waals surface area contributed by atoms with Gasteiger partial charge in [-0.2, -0.15) is 21.4 Å². The average molecular weight is 876 g/mol. The normalized spacial score (nSPS) is 18.4. The zero-order chi connectivity index (χ0) is 43.5. The van der Waals surface area contributed by atoms with Gasteiger partial charge >= 0.3 is 16.1 Å². The monoisotopic (exact) mass is 875 g/mol. The zero-order valence-corrected chi connectivity index (χ0v) is 35.4. The molecule has 15 nitrogen and oxygen atoms in total. The van der Waals surface area contributed by atoms with Gasteiger partial charge in [-0.05, 0) is 82.0 Å². The van der Waals surface area contributed by atoms with E-state index in [0.717, 1.165) is 6.07 Å². The first-order valence-corrected chi connectivity index (χ1v) is 23.3. The van der Waals surface area contributed by atoms with Crippen molar-refractivity contribution in [3.8, 4) is 0 Å². The largest absolute Gasteiger partial charge is 0.744 e. The molecule has 1 aromatic heterocycles. The number of aryl methyl sites for hydroxylation is 1. The van der Waals surface area contributed by atoms with Gasteiger partial charge in [-0.25, -0.2) is 8.42 Å². The van der Waals surface area contributed by atoms with Crippen molar-refractivity contribution in [3.05, 3.63) is 101 Å². The van der Waals surface area contributed by atoms with Gasteiger partial charge < -0.3 is 19.2 Å². The van der Waals surface area contributed by atoms with Crippen LogP contribution >= 0.6 is 0 Å². The van der Waals surface area contributed by atoms with Crippen molar-refractivity contribution in [1.82, 2.24) is 9.88 Å². The fourth-order valence-corrected chi connectivity index (χ4v) is 10.7. The molecule has 1 amide bonds. The van der Waals surface area contributed by atoms with Crippen LogP contribution in [0.2, 0.25) is 0 Å². The first-order valence-electron chi connectivity index (χ1n) is 19.0. The topological polar surface area (TPSA) is 229 Å². The number of carbonyl (C=O) groups excluding carboxylic acids is 2. The van der Waals surface area contributed by atoms with E-state index in [1.807, 2.05) is 23.6 Å². The van der Waals surface area contributed by atoms with Crippen LogP contribution in [0.4, 0.5) is 5.69 Å². The van der Waals surface area contributed by atoms with Gasteiger partial charge in [0, 0.05) is 51.6 Å². The van der Waals surface area contributed by atoms with Crippen molar-refractivity contribution in [2.75, 3.05) is 19.7 Å². The predicted octanol–water partition coefficient (Wildman–Crippen LogP) is 4.92. The molecule has 1 unspecified atom stereocenters. The Balaban J connectivity index is 1.45. The summed E-state index contributed by atoms with van der Waals surface area (Å²) in [5.41, 5.74) is 0.854. The third-order valence-corrected chi connectivity index (χ3v) is 13.6. The van der Waals surface area contributed by atoms with Crippen molar-refractivity contribution in [2.24, 2.45) is 5.41 Å². The van der Waals surface area contributed by atoms with Gasteiger partial charge in [-0.1, -0.05) is 48.6 Å². The van der Waals surface area contributed by atoms with Gasteiger partial charge in [0.1, 0.15) is 21.6 Å². The lowest BCUT2D eigenvalue weighted by Gasteiger charge is -2.34. The number of carbonyl (C=O) groups is 2. The highest BCUT2D eigenvalue weighted by Gasteiger charge is 2.49. The van der Waals surface area contributed by atoms with Gasteiger partial charge in [-0.3, -0.25) is 18.7 Å². The van der Waals surface area contributed by atoms with Crippen LogP contribution in [0.3, 0.4) is 0 Å². The Hall–Kier alpha value is -5.50. The van der Waals surface area contributed by atoms with Gasteiger partial charge in [0.2, 0.25) is 17.3 Å². The van der Waals surface area contributed by atoms with E-state index in [-0.39, 0.29) is 53.9 Å². The molecule has 2 heterocycles. The molecule has 0 spiro atoms. The van der Waals surface area contributed by atoms with Crippen LogP contribution in [0.1, 0.15) is 46.1 Å². The Morgan fingerprint density at radius 2 is 1.52 bits per heavy atom. The maximum absolute atomic E-state index is 14.0. The van der Waals surface area contributed by atoms with Crippen molar-refractivity contribution < 1.29 is 57.8 Å². The standard InChI is InChI=1S/C42H41N3O12S3/c1-5-43-40(46)42(41(47)57-8-4)23-25(15-17-31-27-11-9-13-29-34(58(48,49)50)20-19-33(37(27)29)44(31)6-2)21-26(24-42)16-18-32-28-12-10-14-30-35(59(51,52)53)22-36(60(54,55)56)39(38(28)30)45(32)7-3/h9-22H,5-8,23-24H2,1-4H3,(H3-,43,46,48,49,50,51,52,53,54,55,56). The molecule has 0 saturated heterocycles. The summed E-state index contributed by atoms with van der Waals surface area (Å²) in [6, 6.07) is 13.3. The van der Waals surface area contributed by atoms with Crippen LogP contribution < -0.4 is 10.7 Å². The molecular formula is C42H41N3O12S3. The lowest BCUT2D eigenvalue weighted by atomic mass is 9.71. The van der Waals surface area contributed by atoms with E-state index in [0.29, 0.717) is 56.0 Å². The lowest BCUT2D eigenvalue weighted by molar-refractivity contribution is -0.433. The first-order chi connectivity index (χ1) is 28.3. The van der Waals surface area contributed by atoms with Crippen LogP contribution in [0.5, 0.6) is 0 Å². The molecule has 4 aromatic carbocycles. The van der Waals surface area contributed by atoms with Gasteiger partial charge in [-0.15, -0.1) is 0 Å². The molecule has 1 aliphatic heterocycles. The number of hydrogen-bond acceptors (Lipinski definition) is 10. The summed E-state index contributed by atoms with van der Waals surface area (Å²) in [6.45, 7) is 7.86. The molecule has 1 atom stereocenters. The molecule has 18 heteroatoms. The van der Waals surface area contributed by atoms with E-state index < -0.39 is 57.4 Å². The van der Waals surface area contributed by atoms with Crippen LogP contribution in [0.25, 0.3) is 38.5 Å². The number of nitrogens with zero attached hydrogens (tertiary/aromatic N) is 2.